The van der Waals surface area contributed by atoms with Gasteiger partial charge in [0.15, 0.2) is 0 Å². The van der Waals surface area contributed by atoms with Crippen molar-refractivity contribution < 1.29 is 13.0 Å². The van der Waals surface area contributed by atoms with Gasteiger partial charge < -0.3 is 4.55 Å². The number of rotatable bonds is 3. The van der Waals surface area contributed by atoms with E-state index in [2.05, 4.69) is 6.07 Å². The van der Waals surface area contributed by atoms with Crippen LogP contribution in [-0.4, -0.2) is 13.0 Å². The van der Waals surface area contributed by atoms with Crippen LogP contribution in [0.2, 0.25) is 0 Å². The third-order valence-electron chi connectivity index (χ3n) is 10.5. The summed E-state index contributed by atoms with van der Waals surface area (Å²) in [6.07, 6.45) is 12.8. The van der Waals surface area contributed by atoms with Crippen molar-refractivity contribution in [3.8, 4) is 0 Å². The molecule has 3 nitrogen and oxygen atoms in total. The normalized spacial score (nSPS) is 48.4. The average molecular weight is 426 g/mol. The Morgan fingerprint density at radius 1 is 0.600 bits per heavy atom. The predicted molar refractivity (Wildman–Crippen MR) is 114 cm³/mol. The fourth-order valence-electron chi connectivity index (χ4n) is 10.3. The van der Waals surface area contributed by atoms with Crippen molar-refractivity contribution in [2.24, 2.45) is 47.3 Å². The highest BCUT2D eigenvalue weighted by atomic mass is 32.2. The van der Waals surface area contributed by atoms with E-state index in [1.54, 1.807) is 0 Å². The number of benzene rings is 1. The lowest BCUT2D eigenvalue weighted by molar-refractivity contribution is -0.00681. The molecule has 8 saturated carbocycles. The van der Waals surface area contributed by atoms with E-state index < -0.39 is 10.1 Å². The molecule has 0 spiro atoms. The molecule has 1 aromatic carbocycles. The van der Waals surface area contributed by atoms with E-state index in [1.807, 2.05) is 12.1 Å². The minimum atomic E-state index is -4.48. The van der Waals surface area contributed by atoms with Crippen molar-refractivity contribution >= 4 is 10.1 Å². The largest absolute Gasteiger partial charge is 0.744 e. The average Bonchev–Trinajstić information content (AvgIpc) is 2.65. The van der Waals surface area contributed by atoms with Gasteiger partial charge in [-0.2, -0.15) is 0 Å². The molecule has 0 heterocycles. The Morgan fingerprint density at radius 3 is 1.23 bits per heavy atom. The molecule has 30 heavy (non-hydrogen) atoms. The van der Waals surface area contributed by atoms with Crippen LogP contribution in [-0.2, 0) is 10.1 Å². The van der Waals surface area contributed by atoms with Crippen molar-refractivity contribution in [3.63, 3.8) is 0 Å². The summed E-state index contributed by atoms with van der Waals surface area (Å²) in [6.45, 7) is 0. The smallest absolute Gasteiger partial charge is 0.124 e. The van der Waals surface area contributed by atoms with E-state index >= 15 is 0 Å². The van der Waals surface area contributed by atoms with E-state index in [4.69, 9.17) is 0 Å². The SMILES string of the molecule is O=S(=O)([O-])c1c(C2C3CC4CC(C3)CC2C4)cccc1C1C2CC3CC(C2)CC1C3. The summed E-state index contributed by atoms with van der Waals surface area (Å²) in [6, 6.07) is 6.14. The van der Waals surface area contributed by atoms with Gasteiger partial charge in [0.25, 0.3) is 0 Å². The number of hydrogen-bond donors (Lipinski definition) is 0. The van der Waals surface area contributed by atoms with Gasteiger partial charge >= 0.3 is 0 Å². The van der Waals surface area contributed by atoms with E-state index in [-0.39, 0.29) is 4.90 Å². The van der Waals surface area contributed by atoms with Gasteiger partial charge in [-0.3, -0.25) is 0 Å². The van der Waals surface area contributed by atoms with Gasteiger partial charge in [-0.1, -0.05) is 18.2 Å². The molecule has 9 rings (SSSR count). The highest BCUT2D eigenvalue weighted by Crippen LogP contribution is 2.63. The minimum Gasteiger partial charge on any atom is -0.744 e. The van der Waals surface area contributed by atoms with Gasteiger partial charge in [0, 0.05) is 0 Å². The van der Waals surface area contributed by atoms with Crippen LogP contribution in [0.3, 0.4) is 0 Å². The van der Waals surface area contributed by atoms with Crippen molar-refractivity contribution in [2.45, 2.75) is 80.9 Å². The van der Waals surface area contributed by atoms with Crippen LogP contribution < -0.4 is 0 Å². The Bertz CT molecular complexity index is 864. The summed E-state index contributed by atoms with van der Waals surface area (Å²) in [5.74, 6) is 6.37. The quantitative estimate of drug-likeness (QED) is 0.586. The maximum atomic E-state index is 12.8. The summed E-state index contributed by atoms with van der Waals surface area (Å²) < 4.78 is 38.4. The van der Waals surface area contributed by atoms with E-state index in [1.165, 1.54) is 64.2 Å². The van der Waals surface area contributed by atoms with Crippen molar-refractivity contribution in [1.29, 1.82) is 0 Å². The molecule has 0 unspecified atom stereocenters. The maximum absolute atomic E-state index is 12.8. The van der Waals surface area contributed by atoms with Gasteiger partial charge in [-0.25, -0.2) is 8.42 Å². The van der Waals surface area contributed by atoms with Gasteiger partial charge in [0.1, 0.15) is 10.1 Å². The lowest BCUT2D eigenvalue weighted by Crippen LogP contribution is -2.45. The van der Waals surface area contributed by atoms with Gasteiger partial charge in [0.05, 0.1) is 4.90 Å². The minimum absolute atomic E-state index is 0.236. The van der Waals surface area contributed by atoms with Crippen molar-refractivity contribution in [1.82, 2.24) is 0 Å². The molecule has 8 aliphatic rings. The van der Waals surface area contributed by atoms with Crippen LogP contribution in [0.1, 0.15) is 87.2 Å². The van der Waals surface area contributed by atoms with Gasteiger partial charge in [-0.15, -0.1) is 0 Å². The topological polar surface area (TPSA) is 57.2 Å². The Balaban J connectivity index is 1.35. The molecule has 162 valence electrons. The molecule has 0 aliphatic heterocycles. The molecule has 0 amide bonds. The second-order valence-corrected chi connectivity index (χ2v) is 13.4. The summed E-state index contributed by atoms with van der Waals surface area (Å²) in [4.78, 5) is 0.236. The summed E-state index contributed by atoms with van der Waals surface area (Å²) in [5, 5.41) is 0. The van der Waals surface area contributed by atoms with E-state index in [0.29, 0.717) is 35.5 Å². The van der Waals surface area contributed by atoms with Crippen LogP contribution >= 0.6 is 0 Å². The van der Waals surface area contributed by atoms with Gasteiger partial charge in [-0.05, 0) is 135 Å². The van der Waals surface area contributed by atoms with Crippen LogP contribution in [0.5, 0.6) is 0 Å². The van der Waals surface area contributed by atoms with Crippen molar-refractivity contribution in [2.75, 3.05) is 0 Å². The van der Waals surface area contributed by atoms with Crippen molar-refractivity contribution in [3.05, 3.63) is 29.3 Å². The monoisotopic (exact) mass is 425 g/mol. The zero-order valence-electron chi connectivity index (χ0n) is 17.7. The Labute approximate surface area is 180 Å². The van der Waals surface area contributed by atoms with Gasteiger partial charge in [0.2, 0.25) is 0 Å². The highest BCUT2D eigenvalue weighted by Gasteiger charge is 2.52. The zero-order chi connectivity index (χ0) is 20.2. The second-order valence-electron chi connectivity index (χ2n) is 12.1. The molecule has 0 saturated heterocycles. The van der Waals surface area contributed by atoms with Crippen LogP contribution in [0.15, 0.2) is 23.1 Å². The molecule has 8 aliphatic carbocycles. The summed E-state index contributed by atoms with van der Waals surface area (Å²) in [7, 11) is -4.48. The zero-order valence-corrected chi connectivity index (χ0v) is 18.5. The summed E-state index contributed by atoms with van der Waals surface area (Å²) >= 11 is 0. The molecule has 0 atom stereocenters. The standard InChI is InChI=1S/C26H34O3S/c27-30(28,29)26-22(24-18-6-14-4-15(8-18)9-19(24)7-14)2-1-3-23(26)25-20-10-16-5-17(12-20)13-21(25)11-16/h1-3,14-21,24-25H,4-13H2,(H,27,28,29)/p-1. The molecule has 0 N–H and O–H groups in total. The first kappa shape index (κ1) is 18.7. The summed E-state index contributed by atoms with van der Waals surface area (Å²) in [5.41, 5.74) is 1.84. The maximum Gasteiger partial charge on any atom is 0.124 e. The molecular formula is C26H33O3S-. The Hall–Kier alpha value is -0.870. The van der Waals surface area contributed by atoms with Crippen LogP contribution in [0.4, 0.5) is 0 Å². The molecule has 1 aromatic rings. The number of hydrogen-bond acceptors (Lipinski definition) is 3. The first-order valence-electron chi connectivity index (χ1n) is 12.5. The first-order valence-corrected chi connectivity index (χ1v) is 13.9. The first-order chi connectivity index (χ1) is 14.4. The fourth-order valence-corrected chi connectivity index (χ4v) is 11.2. The fraction of sp³-hybridized carbons (Fsp3) is 0.769. The third-order valence-corrected chi connectivity index (χ3v) is 11.5. The molecular weight excluding hydrogens is 392 g/mol. The lowest BCUT2D eigenvalue weighted by Gasteiger charge is -2.56. The Morgan fingerprint density at radius 2 is 0.933 bits per heavy atom. The highest BCUT2D eigenvalue weighted by molar-refractivity contribution is 7.85. The second kappa shape index (κ2) is 6.34. The molecule has 8 bridgehead atoms. The lowest BCUT2D eigenvalue weighted by atomic mass is 9.49. The Kier molecular flexibility index (Phi) is 3.95. The predicted octanol–water partition coefficient (Wildman–Crippen LogP) is 5.67. The molecule has 8 fully saturated rings. The van der Waals surface area contributed by atoms with Crippen LogP contribution in [0.25, 0.3) is 0 Å². The van der Waals surface area contributed by atoms with Crippen LogP contribution in [0, 0.1) is 47.3 Å². The third kappa shape index (κ3) is 2.68. The molecule has 0 aromatic heterocycles. The van der Waals surface area contributed by atoms with E-state index in [9.17, 15) is 13.0 Å². The molecule has 4 heteroatoms. The molecule has 0 radical (unpaired) electrons. The van der Waals surface area contributed by atoms with E-state index in [0.717, 1.165) is 34.8 Å².